The molecule has 2 nitrogen and oxygen atoms in total. The van der Waals surface area contributed by atoms with Gasteiger partial charge in [0.1, 0.15) is 6.17 Å². The summed E-state index contributed by atoms with van der Waals surface area (Å²) in [6, 6.07) is 2.89. The second-order valence-electron chi connectivity index (χ2n) is 4.77. The molecule has 96 valence electrons. The van der Waals surface area contributed by atoms with Gasteiger partial charge in [-0.25, -0.2) is 4.39 Å². The van der Waals surface area contributed by atoms with Gasteiger partial charge in [-0.15, -0.1) is 0 Å². The van der Waals surface area contributed by atoms with E-state index in [0.29, 0.717) is 0 Å². The normalized spacial score (nSPS) is 30.0. The molecule has 1 fully saturated rings. The molecule has 3 rings (SSSR count). The van der Waals surface area contributed by atoms with Crippen molar-refractivity contribution in [3.63, 3.8) is 0 Å². The first-order valence-corrected chi connectivity index (χ1v) is 5.48. The summed E-state index contributed by atoms with van der Waals surface area (Å²) >= 11 is 0. The van der Waals surface area contributed by atoms with Gasteiger partial charge in [-0.05, 0) is 30.2 Å². The molecule has 2 atom stereocenters. The summed E-state index contributed by atoms with van der Waals surface area (Å²) in [4.78, 5) is 11.6. The summed E-state index contributed by atoms with van der Waals surface area (Å²) in [6.07, 6.45) is -5.49. The van der Waals surface area contributed by atoms with Crippen molar-refractivity contribution in [1.82, 2.24) is 5.32 Å². The molecule has 1 aliphatic heterocycles. The summed E-state index contributed by atoms with van der Waals surface area (Å²) in [6.45, 7) is 0.0707. The molecule has 0 saturated heterocycles. The highest BCUT2D eigenvalue weighted by Crippen LogP contribution is 2.53. The first-order valence-electron chi connectivity index (χ1n) is 5.48. The van der Waals surface area contributed by atoms with Gasteiger partial charge in [-0.3, -0.25) is 4.79 Å². The SMILES string of the molecule is O=C1NC[C@@]2(CC2F)c2cc(C(F)(F)F)ccc21. The molecule has 1 heterocycles. The summed E-state index contributed by atoms with van der Waals surface area (Å²) < 4.78 is 51.3. The van der Waals surface area contributed by atoms with Gasteiger partial charge in [0.25, 0.3) is 5.91 Å². The molecule has 1 aromatic rings. The molecule has 18 heavy (non-hydrogen) atoms. The van der Waals surface area contributed by atoms with E-state index in [4.69, 9.17) is 0 Å². The fraction of sp³-hybridized carbons (Fsp3) is 0.417. The van der Waals surface area contributed by atoms with Crippen LogP contribution in [0.1, 0.15) is 27.9 Å². The Hall–Kier alpha value is -1.59. The van der Waals surface area contributed by atoms with Crippen LogP contribution in [0.2, 0.25) is 0 Å². The lowest BCUT2D eigenvalue weighted by molar-refractivity contribution is -0.137. The summed E-state index contributed by atoms with van der Waals surface area (Å²) in [5.41, 5.74) is -1.44. The minimum absolute atomic E-state index is 0.0707. The number of alkyl halides is 4. The van der Waals surface area contributed by atoms with E-state index >= 15 is 0 Å². The third kappa shape index (κ3) is 1.44. The maximum Gasteiger partial charge on any atom is 0.416 e. The lowest BCUT2D eigenvalue weighted by atomic mass is 9.86. The van der Waals surface area contributed by atoms with Gasteiger partial charge in [0, 0.05) is 17.5 Å². The zero-order valence-electron chi connectivity index (χ0n) is 9.14. The van der Waals surface area contributed by atoms with Crippen molar-refractivity contribution in [3.8, 4) is 0 Å². The molecule has 0 radical (unpaired) electrons. The maximum atomic E-state index is 13.5. The van der Waals surface area contributed by atoms with Crippen LogP contribution in [0.25, 0.3) is 0 Å². The zero-order chi connectivity index (χ0) is 13.1. The Labute approximate surface area is 100.0 Å². The molecule has 0 bridgehead atoms. The molecule has 1 amide bonds. The Morgan fingerprint density at radius 1 is 1.33 bits per heavy atom. The predicted molar refractivity (Wildman–Crippen MR) is 55.0 cm³/mol. The number of rotatable bonds is 0. The van der Waals surface area contributed by atoms with E-state index in [1.165, 1.54) is 0 Å². The van der Waals surface area contributed by atoms with Crippen molar-refractivity contribution >= 4 is 5.91 Å². The van der Waals surface area contributed by atoms with Crippen LogP contribution in [0.15, 0.2) is 18.2 Å². The van der Waals surface area contributed by atoms with Crippen LogP contribution in [0, 0.1) is 0 Å². The van der Waals surface area contributed by atoms with Crippen LogP contribution in [0.3, 0.4) is 0 Å². The molecule has 2 aliphatic rings. The van der Waals surface area contributed by atoms with E-state index in [9.17, 15) is 22.4 Å². The average molecular weight is 259 g/mol. The van der Waals surface area contributed by atoms with Gasteiger partial charge < -0.3 is 5.32 Å². The molecule has 1 N–H and O–H groups in total. The highest BCUT2D eigenvalue weighted by atomic mass is 19.4. The first-order chi connectivity index (χ1) is 8.34. The number of benzene rings is 1. The molecular weight excluding hydrogens is 250 g/mol. The van der Waals surface area contributed by atoms with Crippen molar-refractivity contribution in [2.75, 3.05) is 6.54 Å². The largest absolute Gasteiger partial charge is 0.416 e. The van der Waals surface area contributed by atoms with E-state index in [2.05, 4.69) is 5.32 Å². The second-order valence-corrected chi connectivity index (χ2v) is 4.77. The lowest BCUT2D eigenvalue weighted by Crippen LogP contribution is -2.40. The minimum Gasteiger partial charge on any atom is -0.351 e. The lowest BCUT2D eigenvalue weighted by Gasteiger charge is -2.26. The van der Waals surface area contributed by atoms with Crippen molar-refractivity contribution in [2.24, 2.45) is 0 Å². The quantitative estimate of drug-likeness (QED) is 0.712. The van der Waals surface area contributed by atoms with Crippen LogP contribution < -0.4 is 5.32 Å². The molecule has 1 aromatic carbocycles. The number of carbonyl (C=O) groups is 1. The molecule has 0 aromatic heterocycles. The topological polar surface area (TPSA) is 29.1 Å². The fourth-order valence-electron chi connectivity index (χ4n) is 2.48. The molecule has 1 unspecified atom stereocenters. The van der Waals surface area contributed by atoms with Crippen LogP contribution in [-0.4, -0.2) is 18.6 Å². The molecule has 1 aliphatic carbocycles. The summed E-state index contributed by atoms with van der Waals surface area (Å²) in [5, 5.41) is 2.52. The van der Waals surface area contributed by atoms with Crippen molar-refractivity contribution in [1.29, 1.82) is 0 Å². The molecule has 1 saturated carbocycles. The van der Waals surface area contributed by atoms with Crippen LogP contribution in [0.4, 0.5) is 17.6 Å². The maximum absolute atomic E-state index is 13.5. The van der Waals surface area contributed by atoms with Crippen LogP contribution in [0.5, 0.6) is 0 Å². The van der Waals surface area contributed by atoms with Crippen LogP contribution >= 0.6 is 0 Å². The van der Waals surface area contributed by atoms with E-state index < -0.39 is 29.2 Å². The Balaban J connectivity index is 2.15. The third-order valence-corrected chi connectivity index (χ3v) is 3.68. The highest BCUT2D eigenvalue weighted by molar-refractivity contribution is 5.98. The zero-order valence-corrected chi connectivity index (χ0v) is 9.14. The third-order valence-electron chi connectivity index (χ3n) is 3.68. The van der Waals surface area contributed by atoms with Crippen LogP contribution in [-0.2, 0) is 11.6 Å². The first kappa shape index (κ1) is 11.5. The van der Waals surface area contributed by atoms with E-state index in [-0.39, 0.29) is 24.1 Å². The van der Waals surface area contributed by atoms with Gasteiger partial charge in [-0.2, -0.15) is 13.2 Å². The van der Waals surface area contributed by atoms with Gasteiger partial charge in [0.2, 0.25) is 0 Å². The minimum atomic E-state index is -4.48. The van der Waals surface area contributed by atoms with Gasteiger partial charge >= 0.3 is 6.18 Å². The van der Waals surface area contributed by atoms with E-state index in [0.717, 1.165) is 18.2 Å². The number of amides is 1. The predicted octanol–water partition coefficient (Wildman–Crippen LogP) is 2.43. The van der Waals surface area contributed by atoms with Gasteiger partial charge in [0.15, 0.2) is 0 Å². The summed E-state index contributed by atoms with van der Waals surface area (Å²) in [5.74, 6) is -0.441. The average Bonchev–Trinajstić information content (AvgIpc) is 2.95. The Morgan fingerprint density at radius 2 is 2.00 bits per heavy atom. The number of halogens is 4. The highest BCUT2D eigenvalue weighted by Gasteiger charge is 2.59. The Morgan fingerprint density at radius 3 is 2.56 bits per heavy atom. The second kappa shape index (κ2) is 3.24. The van der Waals surface area contributed by atoms with Gasteiger partial charge in [-0.1, -0.05) is 0 Å². The number of fused-ring (bicyclic) bond motifs is 2. The number of hydrogen-bond donors (Lipinski definition) is 1. The van der Waals surface area contributed by atoms with Crippen molar-refractivity contribution in [2.45, 2.75) is 24.2 Å². The molecular formula is C12H9F4NO. The Kier molecular flexibility index (Phi) is 2.07. The van der Waals surface area contributed by atoms with E-state index in [1.54, 1.807) is 0 Å². The molecule has 6 heteroatoms. The Bertz CT molecular complexity index is 539. The standard InChI is InChI=1S/C12H9F4NO/c13-9-4-11(9)5-17-10(18)7-2-1-6(3-8(7)11)12(14,15)16/h1-3,9H,4-5H2,(H,17,18)/t9?,11-/m0/s1. The van der Waals surface area contributed by atoms with Crippen molar-refractivity contribution in [3.05, 3.63) is 34.9 Å². The smallest absolute Gasteiger partial charge is 0.351 e. The number of carbonyl (C=O) groups excluding carboxylic acids is 1. The van der Waals surface area contributed by atoms with Crippen molar-refractivity contribution < 1.29 is 22.4 Å². The fourth-order valence-corrected chi connectivity index (χ4v) is 2.48. The van der Waals surface area contributed by atoms with E-state index in [1.807, 2.05) is 0 Å². The number of hydrogen-bond acceptors (Lipinski definition) is 1. The van der Waals surface area contributed by atoms with Gasteiger partial charge in [0.05, 0.1) is 5.56 Å². The number of nitrogens with one attached hydrogen (secondary N) is 1. The summed E-state index contributed by atoms with van der Waals surface area (Å²) in [7, 11) is 0. The monoisotopic (exact) mass is 259 g/mol. The molecule has 1 spiro atoms.